The van der Waals surface area contributed by atoms with Crippen LogP contribution in [0, 0.1) is 10.8 Å². The van der Waals surface area contributed by atoms with Crippen molar-refractivity contribution >= 4 is 10.1 Å². The quantitative estimate of drug-likeness (QED) is 0.493. The molecule has 1 atom stereocenters. The van der Waals surface area contributed by atoms with Gasteiger partial charge in [0, 0.05) is 12.0 Å². The zero-order chi connectivity index (χ0) is 18.6. The van der Waals surface area contributed by atoms with Gasteiger partial charge in [0.1, 0.15) is 22.5 Å². The third-order valence-corrected chi connectivity index (χ3v) is 5.55. The Bertz CT molecular complexity index is 623. The van der Waals surface area contributed by atoms with Crippen molar-refractivity contribution in [2.45, 2.75) is 52.9 Å². The van der Waals surface area contributed by atoms with E-state index in [9.17, 15) is 13.0 Å². The minimum Gasteiger partial charge on any atom is -0.746 e. The molecule has 25 heavy (non-hydrogen) atoms. The van der Waals surface area contributed by atoms with Crippen LogP contribution in [0.25, 0.3) is 0 Å². The average molecular weight is 380 g/mol. The van der Waals surface area contributed by atoms with Crippen LogP contribution in [0.3, 0.4) is 0 Å². The van der Waals surface area contributed by atoms with Crippen molar-refractivity contribution in [1.82, 2.24) is 0 Å². The summed E-state index contributed by atoms with van der Waals surface area (Å²) in [6, 6.07) is 8.82. The van der Waals surface area contributed by atoms with Crippen molar-refractivity contribution < 1.29 is 52.0 Å². The number of para-hydroxylation sites is 1. The molecule has 7 heteroatoms. The van der Waals surface area contributed by atoms with Gasteiger partial charge in [-0.15, -0.1) is 0 Å². The van der Waals surface area contributed by atoms with Crippen molar-refractivity contribution in [3.8, 4) is 5.75 Å². The first kappa shape index (κ1) is 24.9. The average Bonchev–Trinajstić information content (AvgIpc) is 2.40. The predicted octanol–water partition coefficient (Wildman–Crippen LogP) is 0.810. The molecule has 0 aliphatic rings. The maximum absolute atomic E-state index is 12.2. The smallest absolute Gasteiger partial charge is 0.746 e. The van der Waals surface area contributed by atoms with Crippen LogP contribution < -0.4 is 34.3 Å². The molecule has 0 saturated heterocycles. The maximum Gasteiger partial charge on any atom is 1.00 e. The second kappa shape index (κ2) is 9.20. The van der Waals surface area contributed by atoms with E-state index in [4.69, 9.17) is 9.47 Å². The topological polar surface area (TPSA) is 75.7 Å². The standard InChI is InChI=1S/C18H30O5S.Na/c1-7-23-18(24(19,20)21,17(5,6)13-16(2,3)4)14-22-15-11-9-8-10-12-15;/h8-12H,7,13-14H2,1-6H3,(H,19,20,21);/q;+1/p-1. The Balaban J connectivity index is 0.00000576. The van der Waals surface area contributed by atoms with E-state index < -0.39 is 20.5 Å². The van der Waals surface area contributed by atoms with Crippen LogP contribution in [0.15, 0.2) is 30.3 Å². The van der Waals surface area contributed by atoms with Crippen molar-refractivity contribution in [3.63, 3.8) is 0 Å². The first-order valence-corrected chi connectivity index (χ1v) is 9.53. The fraction of sp³-hybridized carbons (Fsp3) is 0.667. The summed E-state index contributed by atoms with van der Waals surface area (Å²) in [5, 5.41) is 0. The molecule has 0 bridgehead atoms. The van der Waals surface area contributed by atoms with Gasteiger partial charge in [-0.1, -0.05) is 52.8 Å². The number of benzene rings is 1. The molecule has 0 fully saturated rings. The van der Waals surface area contributed by atoms with Gasteiger partial charge in [-0.25, -0.2) is 8.42 Å². The summed E-state index contributed by atoms with van der Waals surface area (Å²) in [4.78, 5) is -1.96. The van der Waals surface area contributed by atoms with Gasteiger partial charge in [0.2, 0.25) is 0 Å². The van der Waals surface area contributed by atoms with Crippen molar-refractivity contribution in [2.75, 3.05) is 13.2 Å². The molecule has 138 valence electrons. The summed E-state index contributed by atoms with van der Waals surface area (Å²) in [6.45, 7) is 10.9. The van der Waals surface area contributed by atoms with Crippen LogP contribution in [0.2, 0.25) is 0 Å². The number of rotatable bonds is 8. The van der Waals surface area contributed by atoms with E-state index in [0.717, 1.165) is 0 Å². The third-order valence-electron chi connectivity index (χ3n) is 3.96. The SMILES string of the molecule is CCOC(COc1ccccc1)(C(C)(C)CC(C)(C)C)S(=O)(=O)[O-].[Na+]. The Kier molecular flexibility index (Phi) is 9.16. The van der Waals surface area contributed by atoms with E-state index >= 15 is 0 Å². The van der Waals surface area contributed by atoms with Crippen LogP contribution in [-0.4, -0.2) is 31.1 Å². The molecule has 1 aromatic rings. The Morgan fingerprint density at radius 1 is 1.04 bits per heavy atom. The second-order valence-electron chi connectivity index (χ2n) is 7.86. The van der Waals surface area contributed by atoms with Gasteiger partial charge in [-0.3, -0.25) is 0 Å². The zero-order valence-corrected chi connectivity index (χ0v) is 19.3. The van der Waals surface area contributed by atoms with E-state index in [-0.39, 0.29) is 48.2 Å². The largest absolute Gasteiger partial charge is 1.00 e. The predicted molar refractivity (Wildman–Crippen MR) is 93.8 cm³/mol. The second-order valence-corrected chi connectivity index (χ2v) is 9.43. The molecule has 1 unspecified atom stereocenters. The van der Waals surface area contributed by atoms with Gasteiger partial charge in [-0.05, 0) is 30.9 Å². The van der Waals surface area contributed by atoms with Gasteiger partial charge >= 0.3 is 29.6 Å². The summed E-state index contributed by atoms with van der Waals surface area (Å²) < 4.78 is 48.0. The van der Waals surface area contributed by atoms with Crippen LogP contribution in [-0.2, 0) is 14.9 Å². The maximum atomic E-state index is 12.2. The van der Waals surface area contributed by atoms with Crippen LogP contribution in [0.1, 0.15) is 48.0 Å². The molecular weight excluding hydrogens is 351 g/mol. The minimum absolute atomic E-state index is 0. The number of hydrogen-bond donors (Lipinski definition) is 0. The minimum atomic E-state index is -4.79. The fourth-order valence-corrected chi connectivity index (χ4v) is 4.52. The van der Waals surface area contributed by atoms with E-state index in [1.807, 2.05) is 26.8 Å². The van der Waals surface area contributed by atoms with E-state index in [0.29, 0.717) is 12.2 Å². The van der Waals surface area contributed by atoms with Crippen LogP contribution in [0.4, 0.5) is 0 Å². The molecule has 0 amide bonds. The van der Waals surface area contributed by atoms with Crippen molar-refractivity contribution in [2.24, 2.45) is 10.8 Å². The molecule has 0 N–H and O–H groups in total. The summed E-state index contributed by atoms with van der Waals surface area (Å²) in [5.41, 5.74) is -1.11. The van der Waals surface area contributed by atoms with Crippen molar-refractivity contribution in [3.05, 3.63) is 30.3 Å². The molecule has 1 aromatic carbocycles. The molecule has 0 aromatic heterocycles. The molecule has 5 nitrogen and oxygen atoms in total. The first-order chi connectivity index (χ1) is 10.8. The molecule has 0 heterocycles. The van der Waals surface area contributed by atoms with Gasteiger partial charge in [0.05, 0.1) is 0 Å². The number of ether oxygens (including phenoxy) is 2. The Morgan fingerprint density at radius 2 is 1.56 bits per heavy atom. The normalized spacial score (nSPS) is 15.2. The third kappa shape index (κ3) is 6.52. The Labute approximate surface area is 174 Å². The van der Waals surface area contributed by atoms with Gasteiger partial charge in [0.25, 0.3) is 0 Å². The monoisotopic (exact) mass is 380 g/mol. The summed E-state index contributed by atoms with van der Waals surface area (Å²) >= 11 is 0. The molecule has 0 aliphatic heterocycles. The summed E-state index contributed by atoms with van der Waals surface area (Å²) in [6.07, 6.45) is 0.486. The Morgan fingerprint density at radius 3 is 1.96 bits per heavy atom. The van der Waals surface area contributed by atoms with Crippen LogP contribution >= 0.6 is 0 Å². The molecule has 0 saturated carbocycles. The first-order valence-electron chi connectivity index (χ1n) is 8.12. The molecule has 0 radical (unpaired) electrons. The van der Waals surface area contributed by atoms with Gasteiger partial charge < -0.3 is 14.0 Å². The number of hydrogen-bond acceptors (Lipinski definition) is 5. The zero-order valence-electron chi connectivity index (χ0n) is 16.5. The summed E-state index contributed by atoms with van der Waals surface area (Å²) in [5.74, 6) is 0.497. The van der Waals surface area contributed by atoms with Gasteiger partial charge in [0.15, 0.2) is 4.93 Å². The van der Waals surface area contributed by atoms with Crippen LogP contribution in [0.5, 0.6) is 5.75 Å². The molecule has 0 aliphatic carbocycles. The van der Waals surface area contributed by atoms with E-state index in [2.05, 4.69) is 0 Å². The Hall–Kier alpha value is -0.110. The fourth-order valence-electron chi connectivity index (χ4n) is 3.30. The van der Waals surface area contributed by atoms with E-state index in [1.165, 1.54) is 0 Å². The van der Waals surface area contributed by atoms with Gasteiger partial charge in [-0.2, -0.15) is 0 Å². The van der Waals surface area contributed by atoms with Crippen molar-refractivity contribution in [1.29, 1.82) is 0 Å². The van der Waals surface area contributed by atoms with E-state index in [1.54, 1.807) is 45.0 Å². The molecular formula is C18H29NaO5S. The molecule has 0 spiro atoms. The molecule has 1 rings (SSSR count). The summed E-state index contributed by atoms with van der Waals surface area (Å²) in [7, 11) is -4.79.